The predicted octanol–water partition coefficient (Wildman–Crippen LogP) is 1.52. The minimum absolute atomic E-state index is 0.128. The lowest BCUT2D eigenvalue weighted by atomic mass is 10.1. The Kier molecular flexibility index (Phi) is 2.52. The number of benzene rings is 1. The minimum Gasteiger partial charge on any atom is -0.331 e. The summed E-state index contributed by atoms with van der Waals surface area (Å²) < 4.78 is 1.65. The van der Waals surface area contributed by atoms with E-state index >= 15 is 0 Å². The Hall–Kier alpha value is -2.41. The molecule has 0 fully saturated rings. The fourth-order valence-corrected chi connectivity index (χ4v) is 1.45. The van der Waals surface area contributed by atoms with Crippen molar-refractivity contribution in [3.8, 4) is 6.07 Å². The summed E-state index contributed by atoms with van der Waals surface area (Å²) in [5.74, 6) is -0.128. The Morgan fingerprint density at radius 3 is 2.94 bits per heavy atom. The van der Waals surface area contributed by atoms with Gasteiger partial charge in [0, 0.05) is 12.6 Å². The van der Waals surface area contributed by atoms with Gasteiger partial charge in [0.2, 0.25) is 5.78 Å². The largest absolute Gasteiger partial charge is 0.331 e. The molecule has 0 unspecified atom stereocenters. The molecule has 1 aromatic heterocycles. The molecule has 16 heavy (non-hydrogen) atoms. The molecule has 0 radical (unpaired) electrons. The lowest BCUT2D eigenvalue weighted by molar-refractivity contribution is 0.103. The van der Waals surface area contributed by atoms with Crippen molar-refractivity contribution in [1.29, 1.82) is 5.26 Å². The molecule has 0 aliphatic carbocycles. The number of hydrogen-bond acceptors (Lipinski definition) is 3. The van der Waals surface area contributed by atoms with Crippen molar-refractivity contribution in [2.24, 2.45) is 7.05 Å². The van der Waals surface area contributed by atoms with Crippen LogP contribution in [0, 0.1) is 11.3 Å². The molecule has 1 aromatic carbocycles. The van der Waals surface area contributed by atoms with Gasteiger partial charge in [-0.3, -0.25) is 4.79 Å². The molecular formula is C12H9N3O. The highest BCUT2D eigenvalue weighted by atomic mass is 16.1. The number of aromatic nitrogens is 2. The molecule has 0 aliphatic rings. The molecule has 2 aromatic rings. The van der Waals surface area contributed by atoms with Gasteiger partial charge in [0.1, 0.15) is 5.69 Å². The fourth-order valence-electron chi connectivity index (χ4n) is 1.45. The Balaban J connectivity index is 2.43. The lowest BCUT2D eigenvalue weighted by Gasteiger charge is -2.01. The van der Waals surface area contributed by atoms with E-state index < -0.39 is 0 Å². The normalized spacial score (nSPS) is 9.75. The third-order valence-corrected chi connectivity index (χ3v) is 2.30. The van der Waals surface area contributed by atoms with Crippen LogP contribution in [-0.4, -0.2) is 15.3 Å². The highest BCUT2D eigenvalue weighted by Gasteiger charge is 2.12. The van der Waals surface area contributed by atoms with Crippen LogP contribution in [0.25, 0.3) is 0 Å². The van der Waals surface area contributed by atoms with Gasteiger partial charge < -0.3 is 4.57 Å². The molecule has 0 spiro atoms. The van der Waals surface area contributed by atoms with Crippen LogP contribution in [-0.2, 0) is 7.05 Å². The Morgan fingerprint density at radius 1 is 1.50 bits per heavy atom. The monoisotopic (exact) mass is 211 g/mol. The van der Waals surface area contributed by atoms with Gasteiger partial charge in [0.25, 0.3) is 0 Å². The van der Waals surface area contributed by atoms with Gasteiger partial charge in [-0.25, -0.2) is 4.98 Å². The molecular weight excluding hydrogens is 202 g/mol. The first-order chi connectivity index (χ1) is 7.72. The van der Waals surface area contributed by atoms with Crippen LogP contribution in [0.4, 0.5) is 0 Å². The van der Waals surface area contributed by atoms with E-state index in [0.29, 0.717) is 16.8 Å². The number of rotatable bonds is 2. The van der Waals surface area contributed by atoms with Gasteiger partial charge in [-0.05, 0) is 12.1 Å². The third kappa shape index (κ3) is 1.71. The highest BCUT2D eigenvalue weighted by Crippen LogP contribution is 2.10. The average molecular weight is 211 g/mol. The number of carbonyl (C=O) groups excluding carboxylic acids is 1. The van der Waals surface area contributed by atoms with Crippen LogP contribution in [0.15, 0.2) is 36.8 Å². The Bertz CT molecular complexity index is 578. The zero-order valence-electron chi connectivity index (χ0n) is 8.71. The van der Waals surface area contributed by atoms with Gasteiger partial charge in [-0.15, -0.1) is 0 Å². The number of nitriles is 1. The van der Waals surface area contributed by atoms with E-state index in [1.54, 1.807) is 42.2 Å². The highest BCUT2D eigenvalue weighted by molar-refractivity contribution is 6.07. The zero-order chi connectivity index (χ0) is 11.5. The van der Waals surface area contributed by atoms with Crippen LogP contribution in [0.2, 0.25) is 0 Å². The summed E-state index contributed by atoms with van der Waals surface area (Å²) in [6.07, 6.45) is 3.09. The summed E-state index contributed by atoms with van der Waals surface area (Å²) in [6, 6.07) is 8.64. The topological polar surface area (TPSA) is 58.7 Å². The molecule has 4 nitrogen and oxygen atoms in total. The second-order valence-corrected chi connectivity index (χ2v) is 3.41. The summed E-state index contributed by atoms with van der Waals surface area (Å²) in [7, 11) is 1.76. The van der Waals surface area contributed by atoms with Crippen molar-refractivity contribution < 1.29 is 4.79 Å². The lowest BCUT2D eigenvalue weighted by Crippen LogP contribution is -2.06. The maximum absolute atomic E-state index is 12.0. The Labute approximate surface area is 92.8 Å². The number of imidazole rings is 1. The second kappa shape index (κ2) is 3.99. The molecule has 0 saturated carbocycles. The maximum Gasteiger partial charge on any atom is 0.211 e. The first-order valence-electron chi connectivity index (χ1n) is 4.73. The molecule has 0 aliphatic heterocycles. The van der Waals surface area contributed by atoms with Crippen molar-refractivity contribution >= 4 is 5.78 Å². The second-order valence-electron chi connectivity index (χ2n) is 3.41. The van der Waals surface area contributed by atoms with Gasteiger partial charge in [0.05, 0.1) is 24.2 Å². The first kappa shape index (κ1) is 10.1. The van der Waals surface area contributed by atoms with E-state index in [1.807, 2.05) is 6.07 Å². The molecule has 0 saturated heterocycles. The van der Waals surface area contributed by atoms with Crippen LogP contribution in [0.5, 0.6) is 0 Å². The van der Waals surface area contributed by atoms with Gasteiger partial charge in [0.15, 0.2) is 0 Å². The number of aryl methyl sites for hydroxylation is 1. The van der Waals surface area contributed by atoms with Crippen molar-refractivity contribution in [1.82, 2.24) is 9.55 Å². The van der Waals surface area contributed by atoms with E-state index in [-0.39, 0.29) is 5.78 Å². The summed E-state index contributed by atoms with van der Waals surface area (Å²) in [4.78, 5) is 15.9. The van der Waals surface area contributed by atoms with E-state index in [9.17, 15) is 4.79 Å². The van der Waals surface area contributed by atoms with Crippen LogP contribution in [0.3, 0.4) is 0 Å². The average Bonchev–Trinajstić information content (AvgIpc) is 2.74. The predicted molar refractivity (Wildman–Crippen MR) is 57.8 cm³/mol. The van der Waals surface area contributed by atoms with Crippen molar-refractivity contribution in [3.05, 3.63) is 53.6 Å². The molecule has 0 N–H and O–H groups in total. The molecule has 78 valence electrons. The number of ketones is 1. The molecule has 4 heteroatoms. The molecule has 0 bridgehead atoms. The van der Waals surface area contributed by atoms with E-state index in [0.717, 1.165) is 0 Å². The van der Waals surface area contributed by atoms with Crippen molar-refractivity contribution in [3.63, 3.8) is 0 Å². The summed E-state index contributed by atoms with van der Waals surface area (Å²) >= 11 is 0. The van der Waals surface area contributed by atoms with Gasteiger partial charge in [-0.1, -0.05) is 12.1 Å². The fraction of sp³-hybridized carbons (Fsp3) is 0.0833. The molecule has 1 heterocycles. The summed E-state index contributed by atoms with van der Waals surface area (Å²) in [5, 5.41) is 8.75. The maximum atomic E-state index is 12.0. The minimum atomic E-state index is -0.128. The Morgan fingerprint density at radius 2 is 2.31 bits per heavy atom. The van der Waals surface area contributed by atoms with Gasteiger partial charge in [-0.2, -0.15) is 5.26 Å². The standard InChI is InChI=1S/C12H9N3O/c1-15-8-14-7-11(15)12(16)10-4-2-3-9(5-10)6-13/h2-5,7-8H,1H3. The molecule has 0 atom stereocenters. The van der Waals surface area contributed by atoms with E-state index in [4.69, 9.17) is 5.26 Å². The SMILES string of the molecule is Cn1cncc1C(=O)c1cccc(C#N)c1. The molecule has 0 amide bonds. The van der Waals surface area contributed by atoms with Crippen molar-refractivity contribution in [2.45, 2.75) is 0 Å². The third-order valence-electron chi connectivity index (χ3n) is 2.30. The number of carbonyl (C=O) groups is 1. The van der Waals surface area contributed by atoms with E-state index in [2.05, 4.69) is 4.98 Å². The number of hydrogen-bond donors (Lipinski definition) is 0. The van der Waals surface area contributed by atoms with Crippen LogP contribution < -0.4 is 0 Å². The van der Waals surface area contributed by atoms with Crippen molar-refractivity contribution in [2.75, 3.05) is 0 Å². The summed E-state index contributed by atoms with van der Waals surface area (Å²) in [5.41, 5.74) is 1.49. The van der Waals surface area contributed by atoms with Crippen LogP contribution in [0.1, 0.15) is 21.6 Å². The first-order valence-corrected chi connectivity index (χ1v) is 4.73. The quantitative estimate of drug-likeness (QED) is 0.707. The van der Waals surface area contributed by atoms with E-state index in [1.165, 1.54) is 6.20 Å². The number of nitrogens with zero attached hydrogens (tertiary/aromatic N) is 3. The summed E-state index contributed by atoms with van der Waals surface area (Å²) in [6.45, 7) is 0. The van der Waals surface area contributed by atoms with Crippen LogP contribution >= 0.6 is 0 Å². The smallest absolute Gasteiger partial charge is 0.211 e. The zero-order valence-corrected chi connectivity index (χ0v) is 8.71. The molecule has 2 rings (SSSR count). The van der Waals surface area contributed by atoms with Gasteiger partial charge >= 0.3 is 0 Å².